The topological polar surface area (TPSA) is 63.4 Å². The Morgan fingerprint density at radius 1 is 1.54 bits per heavy atom. The number of phenolic OH excluding ortho intramolecular Hbond substituents is 1. The van der Waals surface area contributed by atoms with Crippen LogP contribution in [0.25, 0.3) is 6.08 Å². The van der Waals surface area contributed by atoms with Crippen LogP contribution in [0.3, 0.4) is 0 Å². The second kappa shape index (κ2) is 3.91. The van der Waals surface area contributed by atoms with E-state index < -0.39 is 4.92 Å². The van der Waals surface area contributed by atoms with E-state index in [0.717, 1.165) is 6.20 Å². The molecule has 0 bridgehead atoms. The van der Waals surface area contributed by atoms with Crippen LogP contribution in [0.1, 0.15) is 5.56 Å². The SMILES string of the molecule is O=[N+]([O-])/C=C/c1ccc(O)c(Cl)c1. The van der Waals surface area contributed by atoms with Crippen LogP contribution >= 0.6 is 11.6 Å². The van der Waals surface area contributed by atoms with Gasteiger partial charge in [0.15, 0.2) is 0 Å². The van der Waals surface area contributed by atoms with Crippen molar-refractivity contribution < 1.29 is 10.0 Å². The number of phenols is 1. The van der Waals surface area contributed by atoms with Crippen LogP contribution in [0.5, 0.6) is 5.75 Å². The van der Waals surface area contributed by atoms with Gasteiger partial charge in [0.2, 0.25) is 6.20 Å². The number of hydrogen-bond donors (Lipinski definition) is 1. The number of rotatable bonds is 2. The van der Waals surface area contributed by atoms with Crippen molar-refractivity contribution in [1.29, 1.82) is 0 Å². The molecule has 1 N–H and O–H groups in total. The molecule has 0 aliphatic rings. The minimum atomic E-state index is -0.569. The van der Waals surface area contributed by atoms with Gasteiger partial charge in [-0.15, -0.1) is 0 Å². The van der Waals surface area contributed by atoms with E-state index in [0.29, 0.717) is 5.56 Å². The third kappa shape index (κ3) is 2.76. The zero-order chi connectivity index (χ0) is 9.84. The molecule has 0 radical (unpaired) electrons. The van der Waals surface area contributed by atoms with E-state index in [9.17, 15) is 10.1 Å². The smallest absolute Gasteiger partial charge is 0.235 e. The van der Waals surface area contributed by atoms with Gasteiger partial charge in [-0.1, -0.05) is 17.7 Å². The number of halogens is 1. The molecule has 0 unspecified atom stereocenters. The molecule has 1 aromatic carbocycles. The Hall–Kier alpha value is -1.55. The summed E-state index contributed by atoms with van der Waals surface area (Å²) in [5.74, 6) is -0.0417. The number of nitrogens with zero attached hydrogens (tertiary/aromatic N) is 1. The van der Waals surface area contributed by atoms with Crippen LogP contribution in [-0.2, 0) is 0 Å². The predicted molar refractivity (Wildman–Crippen MR) is 49.1 cm³/mol. The first-order valence-electron chi connectivity index (χ1n) is 3.40. The average molecular weight is 200 g/mol. The molecule has 4 nitrogen and oxygen atoms in total. The maximum atomic E-state index is 9.96. The van der Waals surface area contributed by atoms with E-state index in [-0.39, 0.29) is 10.8 Å². The Bertz CT molecular complexity index is 362. The minimum absolute atomic E-state index is 0.0417. The third-order valence-electron chi connectivity index (χ3n) is 1.36. The maximum Gasteiger partial charge on any atom is 0.235 e. The third-order valence-corrected chi connectivity index (χ3v) is 1.66. The lowest BCUT2D eigenvalue weighted by Gasteiger charge is -1.96. The highest BCUT2D eigenvalue weighted by Gasteiger charge is 1.97. The van der Waals surface area contributed by atoms with Crippen LogP contribution in [0, 0.1) is 10.1 Å². The van der Waals surface area contributed by atoms with Crippen molar-refractivity contribution in [3.63, 3.8) is 0 Å². The van der Waals surface area contributed by atoms with Gasteiger partial charge in [0.1, 0.15) is 5.75 Å². The molecule has 0 heterocycles. The van der Waals surface area contributed by atoms with Gasteiger partial charge in [-0.2, -0.15) is 0 Å². The summed E-state index contributed by atoms with van der Waals surface area (Å²) in [5, 5.41) is 19.2. The fraction of sp³-hybridized carbons (Fsp3) is 0. The van der Waals surface area contributed by atoms with Crippen LogP contribution in [0.4, 0.5) is 0 Å². The van der Waals surface area contributed by atoms with Gasteiger partial charge in [-0.05, 0) is 17.7 Å². The van der Waals surface area contributed by atoms with Crippen molar-refractivity contribution in [1.82, 2.24) is 0 Å². The Balaban J connectivity index is 2.92. The van der Waals surface area contributed by atoms with Gasteiger partial charge in [-0.25, -0.2) is 0 Å². The quantitative estimate of drug-likeness (QED) is 0.587. The van der Waals surface area contributed by atoms with Gasteiger partial charge in [-0.3, -0.25) is 10.1 Å². The molecule has 0 aliphatic carbocycles. The summed E-state index contributed by atoms with van der Waals surface area (Å²) in [4.78, 5) is 9.39. The molecular weight excluding hydrogens is 194 g/mol. The first-order valence-corrected chi connectivity index (χ1v) is 3.77. The molecule has 0 atom stereocenters. The molecule has 1 aromatic rings. The highest BCUT2D eigenvalue weighted by Crippen LogP contribution is 2.23. The van der Waals surface area contributed by atoms with E-state index in [2.05, 4.69) is 0 Å². The van der Waals surface area contributed by atoms with E-state index in [1.54, 1.807) is 0 Å². The van der Waals surface area contributed by atoms with Crippen molar-refractivity contribution in [2.45, 2.75) is 0 Å². The molecule has 0 aromatic heterocycles. The summed E-state index contributed by atoms with van der Waals surface area (Å²) in [6.07, 6.45) is 2.11. The lowest BCUT2D eigenvalue weighted by Crippen LogP contribution is -1.82. The maximum absolute atomic E-state index is 9.96. The highest BCUT2D eigenvalue weighted by molar-refractivity contribution is 6.32. The van der Waals surface area contributed by atoms with E-state index in [1.165, 1.54) is 24.3 Å². The largest absolute Gasteiger partial charge is 0.506 e. The number of benzene rings is 1. The molecule has 0 fully saturated rings. The highest BCUT2D eigenvalue weighted by atomic mass is 35.5. The lowest BCUT2D eigenvalue weighted by molar-refractivity contribution is -0.400. The van der Waals surface area contributed by atoms with Gasteiger partial charge in [0.05, 0.1) is 9.95 Å². The minimum Gasteiger partial charge on any atom is -0.506 e. The molecule has 0 spiro atoms. The van der Waals surface area contributed by atoms with E-state index in [4.69, 9.17) is 16.7 Å². The second-order valence-electron chi connectivity index (χ2n) is 2.31. The molecule has 68 valence electrons. The average Bonchev–Trinajstić information content (AvgIpc) is 2.07. The van der Waals surface area contributed by atoms with Crippen LogP contribution in [0.15, 0.2) is 24.4 Å². The van der Waals surface area contributed by atoms with Crippen LogP contribution < -0.4 is 0 Å². The standard InChI is InChI=1S/C8H6ClNO3/c9-7-5-6(1-2-8(7)11)3-4-10(12)13/h1-5,11H/b4-3+. The summed E-state index contributed by atoms with van der Waals surface area (Å²) in [6.45, 7) is 0. The Morgan fingerprint density at radius 2 is 2.23 bits per heavy atom. The summed E-state index contributed by atoms with van der Waals surface area (Å²) >= 11 is 5.58. The summed E-state index contributed by atoms with van der Waals surface area (Å²) in [6, 6.07) is 4.35. The van der Waals surface area contributed by atoms with Gasteiger partial charge in [0, 0.05) is 6.08 Å². The zero-order valence-corrected chi connectivity index (χ0v) is 7.23. The molecule has 0 saturated heterocycles. The van der Waals surface area contributed by atoms with Crippen molar-refractivity contribution in [2.75, 3.05) is 0 Å². The lowest BCUT2D eigenvalue weighted by atomic mass is 10.2. The predicted octanol–water partition coefficient (Wildman–Crippen LogP) is 2.29. The van der Waals surface area contributed by atoms with Crippen LogP contribution in [0.2, 0.25) is 5.02 Å². The summed E-state index contributed by atoms with van der Waals surface area (Å²) in [7, 11) is 0. The van der Waals surface area contributed by atoms with Crippen molar-refractivity contribution in [2.24, 2.45) is 0 Å². The Kier molecular flexibility index (Phi) is 2.87. The fourth-order valence-corrected chi connectivity index (χ4v) is 0.963. The Morgan fingerprint density at radius 3 is 2.77 bits per heavy atom. The van der Waals surface area contributed by atoms with Crippen molar-refractivity contribution in [3.8, 4) is 5.75 Å². The first kappa shape index (κ1) is 9.54. The molecule has 5 heteroatoms. The van der Waals surface area contributed by atoms with Gasteiger partial charge < -0.3 is 5.11 Å². The number of hydrogen-bond acceptors (Lipinski definition) is 3. The first-order chi connectivity index (χ1) is 6.09. The number of aromatic hydroxyl groups is 1. The van der Waals surface area contributed by atoms with Gasteiger partial charge in [0.25, 0.3) is 0 Å². The molecule has 0 saturated carbocycles. The molecular formula is C8H6ClNO3. The fourth-order valence-electron chi connectivity index (χ4n) is 0.774. The summed E-state index contributed by atoms with van der Waals surface area (Å²) < 4.78 is 0. The van der Waals surface area contributed by atoms with E-state index >= 15 is 0 Å². The molecule has 1 rings (SSSR count). The summed E-state index contributed by atoms with van der Waals surface area (Å²) in [5.41, 5.74) is 0.569. The zero-order valence-electron chi connectivity index (χ0n) is 6.48. The molecule has 0 amide bonds. The van der Waals surface area contributed by atoms with Crippen LogP contribution in [-0.4, -0.2) is 10.0 Å². The normalized spacial score (nSPS) is 10.5. The second-order valence-corrected chi connectivity index (χ2v) is 2.72. The molecule has 13 heavy (non-hydrogen) atoms. The van der Waals surface area contributed by atoms with Crippen molar-refractivity contribution >= 4 is 17.7 Å². The van der Waals surface area contributed by atoms with E-state index in [1.807, 2.05) is 0 Å². The van der Waals surface area contributed by atoms with Gasteiger partial charge >= 0.3 is 0 Å². The number of nitro groups is 1. The molecule has 0 aliphatic heterocycles. The monoisotopic (exact) mass is 199 g/mol. The Labute approximate surface area is 79.2 Å². The van der Waals surface area contributed by atoms with Crippen molar-refractivity contribution in [3.05, 3.63) is 45.1 Å².